The minimum atomic E-state index is -0.249. The first-order valence-electron chi connectivity index (χ1n) is 5.90. The average molecular weight is 277 g/mol. The Labute approximate surface area is 116 Å². The second-order valence-corrected chi connectivity index (χ2v) is 4.97. The van der Waals surface area contributed by atoms with Crippen molar-refractivity contribution in [1.82, 2.24) is 5.01 Å². The summed E-state index contributed by atoms with van der Waals surface area (Å²) in [5.41, 5.74) is 1.15. The minimum Gasteiger partial charge on any atom is -0.320 e. The van der Waals surface area contributed by atoms with E-state index in [1.807, 2.05) is 30.5 Å². The summed E-state index contributed by atoms with van der Waals surface area (Å²) in [4.78, 5) is 24.4. The largest absolute Gasteiger partial charge is 0.320 e. The maximum Gasteiger partial charge on any atom is 0.271 e. The quantitative estimate of drug-likeness (QED) is 0.859. The maximum atomic E-state index is 12.1. The van der Waals surface area contributed by atoms with E-state index in [2.05, 4.69) is 10.4 Å². The van der Waals surface area contributed by atoms with Gasteiger partial charge in [0.15, 0.2) is 0 Å². The fourth-order valence-corrected chi connectivity index (χ4v) is 2.33. The van der Waals surface area contributed by atoms with Gasteiger partial charge in [-0.1, -0.05) is 12.1 Å². The smallest absolute Gasteiger partial charge is 0.271 e. The molecule has 100 valence electrons. The summed E-state index contributed by atoms with van der Waals surface area (Å²) in [6.07, 6.45) is 2.67. The lowest BCUT2D eigenvalue weighted by Gasteiger charge is -2.19. The number of nitrogens with zero attached hydrogens (tertiary/aromatic N) is 2. The van der Waals surface area contributed by atoms with Gasteiger partial charge in [0.05, 0.1) is 5.69 Å². The van der Waals surface area contributed by atoms with Gasteiger partial charge in [-0.2, -0.15) is 5.10 Å². The Hall–Kier alpha value is -1.82. The highest BCUT2D eigenvalue weighted by Crippen LogP contribution is 2.24. The molecule has 1 heterocycles. The molecule has 0 fully saturated rings. The zero-order chi connectivity index (χ0) is 13.8. The second-order valence-electron chi connectivity index (χ2n) is 4.12. The number of carbonyl (C=O) groups is 2. The van der Waals surface area contributed by atoms with E-state index in [1.165, 1.54) is 5.01 Å². The Morgan fingerprint density at radius 1 is 1.37 bits per heavy atom. The Kier molecular flexibility index (Phi) is 4.21. The molecule has 0 saturated carbocycles. The van der Waals surface area contributed by atoms with Crippen LogP contribution in [0.4, 0.5) is 5.69 Å². The molecule has 0 saturated heterocycles. The summed E-state index contributed by atoms with van der Waals surface area (Å²) < 4.78 is 0. The molecule has 19 heavy (non-hydrogen) atoms. The molecular formula is C13H15N3O2S. The number of hydrogen-bond acceptors (Lipinski definition) is 4. The van der Waals surface area contributed by atoms with Crippen molar-refractivity contribution in [1.29, 1.82) is 0 Å². The summed E-state index contributed by atoms with van der Waals surface area (Å²) in [6, 6.07) is 7.58. The number of rotatable bonds is 3. The van der Waals surface area contributed by atoms with Crippen molar-refractivity contribution < 1.29 is 9.59 Å². The zero-order valence-corrected chi connectivity index (χ0v) is 11.7. The third-order valence-electron chi connectivity index (χ3n) is 2.82. The van der Waals surface area contributed by atoms with Crippen LogP contribution in [0.5, 0.6) is 0 Å². The maximum absolute atomic E-state index is 12.1. The van der Waals surface area contributed by atoms with Crippen molar-refractivity contribution in [3.63, 3.8) is 0 Å². The number of hydrogen-bond donors (Lipinski definition) is 1. The highest BCUT2D eigenvalue weighted by Gasteiger charge is 2.22. The van der Waals surface area contributed by atoms with Crippen LogP contribution in [0.1, 0.15) is 12.8 Å². The van der Waals surface area contributed by atoms with E-state index < -0.39 is 0 Å². The fraction of sp³-hybridized carbons (Fsp3) is 0.308. The lowest BCUT2D eigenvalue weighted by atomic mass is 10.1. The van der Waals surface area contributed by atoms with Crippen molar-refractivity contribution in [3.05, 3.63) is 24.3 Å². The average Bonchev–Trinajstić information content (AvgIpc) is 2.42. The second kappa shape index (κ2) is 5.88. The van der Waals surface area contributed by atoms with Crippen LogP contribution < -0.4 is 5.32 Å². The molecule has 1 aromatic rings. The molecule has 1 aliphatic rings. The molecule has 1 N–H and O–H groups in total. The van der Waals surface area contributed by atoms with E-state index in [0.717, 1.165) is 10.6 Å². The molecule has 0 unspecified atom stereocenters. The third kappa shape index (κ3) is 3.14. The van der Waals surface area contributed by atoms with Crippen LogP contribution >= 0.6 is 11.8 Å². The molecule has 0 atom stereocenters. The molecule has 1 aromatic carbocycles. The summed E-state index contributed by atoms with van der Waals surface area (Å²) >= 11 is 1.57. The van der Waals surface area contributed by atoms with Crippen LogP contribution in [0.2, 0.25) is 0 Å². The minimum absolute atomic E-state index is 0.0685. The Balaban J connectivity index is 2.13. The summed E-state index contributed by atoms with van der Waals surface area (Å²) in [5, 5.41) is 8.06. The van der Waals surface area contributed by atoms with Gasteiger partial charge in [-0.05, 0) is 18.4 Å². The highest BCUT2D eigenvalue weighted by atomic mass is 32.2. The first kappa shape index (κ1) is 13.6. The number of carbonyl (C=O) groups excluding carboxylic acids is 2. The van der Waals surface area contributed by atoms with E-state index in [0.29, 0.717) is 18.6 Å². The predicted octanol–water partition coefficient (Wildman–Crippen LogP) is 1.96. The van der Waals surface area contributed by atoms with Crippen LogP contribution in [0, 0.1) is 0 Å². The molecule has 0 radical (unpaired) electrons. The number of nitrogens with one attached hydrogen (secondary N) is 1. The number of anilines is 1. The Morgan fingerprint density at radius 2 is 2.11 bits per heavy atom. The van der Waals surface area contributed by atoms with Gasteiger partial charge in [0.2, 0.25) is 5.91 Å². The van der Waals surface area contributed by atoms with Crippen LogP contribution in [0.15, 0.2) is 34.3 Å². The Morgan fingerprint density at radius 3 is 2.79 bits per heavy atom. The van der Waals surface area contributed by atoms with Gasteiger partial charge in [0.1, 0.15) is 5.71 Å². The van der Waals surface area contributed by atoms with Crippen molar-refractivity contribution >= 4 is 35.0 Å². The van der Waals surface area contributed by atoms with Crippen LogP contribution in [0.25, 0.3) is 0 Å². The molecule has 0 spiro atoms. The van der Waals surface area contributed by atoms with E-state index in [1.54, 1.807) is 18.8 Å². The molecule has 2 rings (SSSR count). The van der Waals surface area contributed by atoms with E-state index in [-0.39, 0.29) is 11.8 Å². The predicted molar refractivity (Wildman–Crippen MR) is 76.3 cm³/mol. The number of benzene rings is 1. The van der Waals surface area contributed by atoms with E-state index >= 15 is 0 Å². The first-order chi connectivity index (χ1) is 9.11. The van der Waals surface area contributed by atoms with Crippen molar-refractivity contribution in [3.8, 4) is 0 Å². The monoisotopic (exact) mass is 277 g/mol. The summed E-state index contributed by atoms with van der Waals surface area (Å²) in [7, 11) is 1.56. The molecule has 5 nitrogen and oxygen atoms in total. The summed E-state index contributed by atoms with van der Waals surface area (Å²) in [6.45, 7) is 0. The molecule has 1 aliphatic heterocycles. The Bertz CT molecular complexity index is 542. The molecule has 2 amide bonds. The zero-order valence-electron chi connectivity index (χ0n) is 10.8. The van der Waals surface area contributed by atoms with Crippen LogP contribution in [-0.4, -0.2) is 35.8 Å². The fourth-order valence-electron chi connectivity index (χ4n) is 1.78. The van der Waals surface area contributed by atoms with E-state index in [9.17, 15) is 9.59 Å². The van der Waals surface area contributed by atoms with Crippen LogP contribution in [-0.2, 0) is 9.59 Å². The van der Waals surface area contributed by atoms with Gasteiger partial charge in [-0.15, -0.1) is 11.8 Å². The summed E-state index contributed by atoms with van der Waals surface area (Å²) in [5.74, 6) is -0.318. The van der Waals surface area contributed by atoms with Crippen molar-refractivity contribution in [2.24, 2.45) is 5.10 Å². The lowest BCUT2D eigenvalue weighted by molar-refractivity contribution is -0.130. The van der Waals surface area contributed by atoms with Gasteiger partial charge < -0.3 is 5.32 Å². The van der Waals surface area contributed by atoms with Gasteiger partial charge in [0.25, 0.3) is 5.91 Å². The topological polar surface area (TPSA) is 61.8 Å². The van der Waals surface area contributed by atoms with Gasteiger partial charge in [-0.25, -0.2) is 5.01 Å². The van der Waals surface area contributed by atoms with Gasteiger partial charge in [-0.3, -0.25) is 9.59 Å². The SMILES string of the molecule is CSc1ccccc1NC(=O)C1=NN(C)C(=O)CC1. The number of amides is 2. The highest BCUT2D eigenvalue weighted by molar-refractivity contribution is 7.98. The van der Waals surface area contributed by atoms with Crippen molar-refractivity contribution in [2.45, 2.75) is 17.7 Å². The molecule has 6 heteroatoms. The van der Waals surface area contributed by atoms with Crippen LogP contribution in [0.3, 0.4) is 0 Å². The van der Waals surface area contributed by atoms with E-state index in [4.69, 9.17) is 0 Å². The third-order valence-corrected chi connectivity index (χ3v) is 3.62. The normalized spacial score (nSPS) is 15.2. The number of para-hydroxylation sites is 1. The van der Waals surface area contributed by atoms with Gasteiger partial charge in [0, 0.05) is 24.8 Å². The molecule has 0 aromatic heterocycles. The molecular weight excluding hydrogens is 262 g/mol. The van der Waals surface area contributed by atoms with Gasteiger partial charge >= 0.3 is 0 Å². The van der Waals surface area contributed by atoms with Crippen molar-refractivity contribution in [2.75, 3.05) is 18.6 Å². The standard InChI is InChI=1S/C13H15N3O2S/c1-16-12(17)8-7-10(15-16)13(18)14-9-5-3-4-6-11(9)19-2/h3-6H,7-8H2,1-2H3,(H,14,18). The first-order valence-corrected chi connectivity index (χ1v) is 7.12. The lowest BCUT2D eigenvalue weighted by Crippen LogP contribution is -2.34. The molecule has 0 aliphatic carbocycles. The molecule has 0 bridgehead atoms. The number of hydrazone groups is 1. The number of thioether (sulfide) groups is 1.